The molecule has 5 nitrogen and oxygen atoms in total. The molecule has 0 unspecified atom stereocenters. The van der Waals surface area contributed by atoms with Crippen molar-refractivity contribution < 1.29 is 23.5 Å². The molecule has 0 radical (unpaired) electrons. The highest BCUT2D eigenvalue weighted by atomic mass is 19.1. The van der Waals surface area contributed by atoms with Crippen LogP contribution in [0.15, 0.2) is 41.0 Å². The highest BCUT2D eigenvalue weighted by Crippen LogP contribution is 2.30. The van der Waals surface area contributed by atoms with E-state index in [0.717, 1.165) is 19.1 Å². The number of furan rings is 1. The standard InChI is InChI=1S/C16H14FNO4/c17-13-4-2-1-3-10(13)8-18(12-5-6-12)15(19)14-7-11(9-22-14)16(20)21/h1-4,7,9,12H,5-6,8H2,(H,20,21). The largest absolute Gasteiger partial charge is 0.478 e. The maximum atomic E-state index is 13.8. The minimum Gasteiger partial charge on any atom is -0.478 e. The van der Waals surface area contributed by atoms with Crippen LogP contribution >= 0.6 is 0 Å². The number of carboxylic acids is 1. The zero-order valence-corrected chi connectivity index (χ0v) is 11.7. The van der Waals surface area contributed by atoms with Crippen LogP contribution in [-0.2, 0) is 6.54 Å². The van der Waals surface area contributed by atoms with Crippen LogP contribution in [0.1, 0.15) is 39.3 Å². The third kappa shape index (κ3) is 2.86. The first-order valence-electron chi connectivity index (χ1n) is 6.92. The molecule has 0 atom stereocenters. The van der Waals surface area contributed by atoms with E-state index in [1.54, 1.807) is 18.2 Å². The Balaban J connectivity index is 1.83. The molecule has 0 aliphatic heterocycles. The fraction of sp³-hybridized carbons (Fsp3) is 0.250. The molecule has 1 aliphatic rings. The first-order valence-corrected chi connectivity index (χ1v) is 6.92. The van der Waals surface area contributed by atoms with E-state index in [2.05, 4.69) is 0 Å². The molecule has 1 amide bonds. The second-order valence-electron chi connectivity index (χ2n) is 5.26. The van der Waals surface area contributed by atoms with E-state index in [9.17, 15) is 14.0 Å². The third-order valence-corrected chi connectivity index (χ3v) is 3.60. The Labute approximate surface area is 126 Å². The summed E-state index contributed by atoms with van der Waals surface area (Å²) in [5.41, 5.74) is 0.345. The molecular weight excluding hydrogens is 289 g/mol. The normalized spacial score (nSPS) is 13.9. The number of nitrogens with zero attached hydrogens (tertiary/aromatic N) is 1. The lowest BCUT2D eigenvalue weighted by Gasteiger charge is -2.21. The van der Waals surface area contributed by atoms with E-state index in [4.69, 9.17) is 9.52 Å². The molecule has 1 aliphatic carbocycles. The number of amides is 1. The minimum absolute atomic E-state index is 0.0411. The number of carboxylic acid groups (broad SMARTS) is 1. The summed E-state index contributed by atoms with van der Waals surface area (Å²) in [5, 5.41) is 8.88. The molecule has 1 saturated carbocycles. The van der Waals surface area contributed by atoms with Crippen LogP contribution in [-0.4, -0.2) is 27.9 Å². The Kier molecular flexibility index (Phi) is 3.66. The predicted octanol–water partition coefficient (Wildman–Crippen LogP) is 2.92. The summed E-state index contributed by atoms with van der Waals surface area (Å²) in [6.45, 7) is 0.138. The SMILES string of the molecule is O=C(O)c1coc(C(=O)N(Cc2ccccc2F)C2CC2)c1. The van der Waals surface area contributed by atoms with Gasteiger partial charge in [0.15, 0.2) is 5.76 Å². The average molecular weight is 303 g/mol. The fourth-order valence-electron chi connectivity index (χ4n) is 2.27. The first kappa shape index (κ1) is 14.3. The van der Waals surface area contributed by atoms with E-state index in [1.165, 1.54) is 17.0 Å². The minimum atomic E-state index is -1.16. The Hall–Kier alpha value is -2.63. The number of aromatic carboxylic acids is 1. The van der Waals surface area contributed by atoms with Gasteiger partial charge in [-0.3, -0.25) is 4.79 Å². The first-order chi connectivity index (χ1) is 10.6. The highest BCUT2D eigenvalue weighted by Gasteiger charge is 2.35. The van der Waals surface area contributed by atoms with Gasteiger partial charge in [0.2, 0.25) is 0 Å². The molecule has 22 heavy (non-hydrogen) atoms. The quantitative estimate of drug-likeness (QED) is 0.922. The van der Waals surface area contributed by atoms with Crippen molar-refractivity contribution >= 4 is 11.9 Å². The second-order valence-corrected chi connectivity index (χ2v) is 5.26. The van der Waals surface area contributed by atoms with E-state index in [1.807, 2.05) is 0 Å². The molecule has 1 heterocycles. The number of benzene rings is 1. The van der Waals surface area contributed by atoms with E-state index >= 15 is 0 Å². The van der Waals surface area contributed by atoms with E-state index in [0.29, 0.717) is 5.56 Å². The van der Waals surface area contributed by atoms with Gasteiger partial charge in [0.25, 0.3) is 5.91 Å². The lowest BCUT2D eigenvalue weighted by Crippen LogP contribution is -2.32. The number of hydrogen-bond acceptors (Lipinski definition) is 3. The Bertz CT molecular complexity index is 720. The molecule has 0 spiro atoms. The van der Waals surface area contributed by atoms with Gasteiger partial charge in [-0.2, -0.15) is 0 Å². The molecular formula is C16H14FNO4. The van der Waals surface area contributed by atoms with Crippen molar-refractivity contribution in [3.63, 3.8) is 0 Å². The van der Waals surface area contributed by atoms with Gasteiger partial charge in [-0.15, -0.1) is 0 Å². The van der Waals surface area contributed by atoms with Gasteiger partial charge in [-0.25, -0.2) is 9.18 Å². The topological polar surface area (TPSA) is 70.7 Å². The van der Waals surface area contributed by atoms with Crippen LogP contribution in [0.25, 0.3) is 0 Å². The summed E-state index contributed by atoms with van der Waals surface area (Å²) in [4.78, 5) is 24.9. The number of halogens is 1. The van der Waals surface area contributed by atoms with Gasteiger partial charge >= 0.3 is 5.97 Å². The molecule has 1 aromatic heterocycles. The lowest BCUT2D eigenvalue weighted by molar-refractivity contribution is 0.0687. The van der Waals surface area contributed by atoms with Crippen molar-refractivity contribution in [1.29, 1.82) is 0 Å². The summed E-state index contributed by atoms with van der Waals surface area (Å²) in [6.07, 6.45) is 2.74. The maximum Gasteiger partial charge on any atom is 0.338 e. The number of hydrogen-bond donors (Lipinski definition) is 1. The van der Waals surface area contributed by atoms with Crippen molar-refractivity contribution in [2.24, 2.45) is 0 Å². The average Bonchev–Trinajstić information content (AvgIpc) is 3.21. The molecule has 1 fully saturated rings. The molecule has 6 heteroatoms. The Morgan fingerprint density at radius 2 is 2.05 bits per heavy atom. The number of carbonyl (C=O) groups excluding carboxylic acids is 1. The number of rotatable bonds is 5. The Morgan fingerprint density at radius 1 is 1.32 bits per heavy atom. The van der Waals surface area contributed by atoms with Crippen molar-refractivity contribution in [2.75, 3.05) is 0 Å². The Morgan fingerprint density at radius 3 is 2.64 bits per heavy atom. The van der Waals surface area contributed by atoms with Gasteiger partial charge in [0, 0.05) is 24.2 Å². The van der Waals surface area contributed by atoms with Crippen molar-refractivity contribution in [3.05, 3.63) is 59.3 Å². The van der Waals surface area contributed by atoms with E-state index in [-0.39, 0.29) is 29.7 Å². The second kappa shape index (κ2) is 5.63. The van der Waals surface area contributed by atoms with Crippen LogP contribution in [0.5, 0.6) is 0 Å². The van der Waals surface area contributed by atoms with Crippen LogP contribution in [0.2, 0.25) is 0 Å². The summed E-state index contributed by atoms with van der Waals surface area (Å²) >= 11 is 0. The highest BCUT2D eigenvalue weighted by molar-refractivity contribution is 5.95. The summed E-state index contributed by atoms with van der Waals surface area (Å²) in [5.74, 6) is -1.99. The molecule has 114 valence electrons. The zero-order chi connectivity index (χ0) is 15.7. The van der Waals surface area contributed by atoms with Crippen LogP contribution < -0.4 is 0 Å². The maximum absolute atomic E-state index is 13.8. The van der Waals surface area contributed by atoms with Gasteiger partial charge in [-0.1, -0.05) is 18.2 Å². The van der Waals surface area contributed by atoms with Crippen LogP contribution in [0.3, 0.4) is 0 Å². The summed E-state index contributed by atoms with van der Waals surface area (Å²) < 4.78 is 18.8. The van der Waals surface area contributed by atoms with Crippen molar-refractivity contribution in [1.82, 2.24) is 4.90 Å². The fourth-order valence-corrected chi connectivity index (χ4v) is 2.27. The molecule has 0 bridgehead atoms. The molecule has 3 rings (SSSR count). The predicted molar refractivity (Wildman–Crippen MR) is 75.0 cm³/mol. The molecule has 0 saturated heterocycles. The van der Waals surface area contributed by atoms with Gasteiger partial charge in [-0.05, 0) is 18.9 Å². The lowest BCUT2D eigenvalue weighted by atomic mass is 10.2. The third-order valence-electron chi connectivity index (χ3n) is 3.60. The van der Waals surface area contributed by atoms with Gasteiger partial charge < -0.3 is 14.4 Å². The summed E-state index contributed by atoms with van der Waals surface area (Å²) in [6, 6.07) is 7.52. The van der Waals surface area contributed by atoms with Gasteiger partial charge in [0.05, 0.1) is 5.56 Å². The number of carbonyl (C=O) groups is 2. The monoisotopic (exact) mass is 303 g/mol. The van der Waals surface area contributed by atoms with Crippen LogP contribution in [0, 0.1) is 5.82 Å². The van der Waals surface area contributed by atoms with Crippen molar-refractivity contribution in [3.8, 4) is 0 Å². The van der Waals surface area contributed by atoms with E-state index < -0.39 is 11.9 Å². The van der Waals surface area contributed by atoms with Crippen LogP contribution in [0.4, 0.5) is 4.39 Å². The van der Waals surface area contributed by atoms with Crippen molar-refractivity contribution in [2.45, 2.75) is 25.4 Å². The zero-order valence-electron chi connectivity index (χ0n) is 11.7. The molecule has 1 aromatic carbocycles. The molecule has 2 aromatic rings. The summed E-state index contributed by atoms with van der Waals surface area (Å²) in [7, 11) is 0. The smallest absolute Gasteiger partial charge is 0.338 e. The van der Waals surface area contributed by atoms with Gasteiger partial charge in [0.1, 0.15) is 12.1 Å². The molecule has 1 N–H and O–H groups in total.